The van der Waals surface area contributed by atoms with E-state index in [1.807, 2.05) is 19.1 Å². The number of rotatable bonds is 10. The van der Waals surface area contributed by atoms with Crippen LogP contribution in [-0.4, -0.2) is 44.7 Å². The molecule has 0 radical (unpaired) electrons. The first kappa shape index (κ1) is 15.3. The highest BCUT2D eigenvalue weighted by molar-refractivity contribution is 5.35. The molecule has 1 aliphatic rings. The third kappa shape index (κ3) is 4.47. The van der Waals surface area contributed by atoms with Crippen molar-refractivity contribution in [1.29, 1.82) is 0 Å². The van der Waals surface area contributed by atoms with Crippen LogP contribution in [0, 0.1) is 0 Å². The lowest BCUT2D eigenvalue weighted by Gasteiger charge is -2.16. The van der Waals surface area contributed by atoms with Crippen molar-refractivity contribution in [1.82, 2.24) is 0 Å². The van der Waals surface area contributed by atoms with Gasteiger partial charge in [-0.1, -0.05) is 12.1 Å². The topological polar surface area (TPSA) is 47.9 Å². The van der Waals surface area contributed by atoms with Gasteiger partial charge < -0.3 is 19.3 Å². The minimum absolute atomic E-state index is 0.166. The average molecular weight is 280 g/mol. The Bertz CT molecular complexity index is 384. The molecule has 1 aliphatic carbocycles. The largest absolute Gasteiger partial charge is 0.508 e. The zero-order chi connectivity index (χ0) is 14.3. The van der Waals surface area contributed by atoms with E-state index >= 15 is 0 Å². The standard InChI is InChI=1S/C16H24O4/c1-2-18-9-10-19-11-12-20-13-16(7-8-16)14-3-5-15(17)6-4-14/h3-6,17H,2,7-13H2,1H3. The van der Waals surface area contributed by atoms with E-state index < -0.39 is 0 Å². The van der Waals surface area contributed by atoms with Crippen molar-refractivity contribution in [2.75, 3.05) is 39.6 Å². The Hall–Kier alpha value is -1.10. The molecule has 0 amide bonds. The Morgan fingerprint density at radius 3 is 2.15 bits per heavy atom. The van der Waals surface area contributed by atoms with Gasteiger partial charge in [-0.2, -0.15) is 0 Å². The molecule has 1 saturated carbocycles. The molecule has 1 aromatic carbocycles. The zero-order valence-corrected chi connectivity index (χ0v) is 12.1. The molecule has 112 valence electrons. The molecule has 0 heterocycles. The summed E-state index contributed by atoms with van der Waals surface area (Å²) in [6.45, 7) is 5.93. The van der Waals surface area contributed by atoms with Crippen LogP contribution in [0.25, 0.3) is 0 Å². The van der Waals surface area contributed by atoms with Crippen LogP contribution in [0.4, 0.5) is 0 Å². The number of hydrogen-bond acceptors (Lipinski definition) is 4. The maximum absolute atomic E-state index is 9.32. The van der Waals surface area contributed by atoms with Crippen molar-refractivity contribution < 1.29 is 19.3 Å². The second-order valence-corrected chi connectivity index (χ2v) is 5.19. The average Bonchev–Trinajstić information content (AvgIpc) is 3.24. The molecule has 0 unspecified atom stereocenters. The van der Waals surface area contributed by atoms with Gasteiger partial charge in [-0.05, 0) is 37.5 Å². The molecule has 0 spiro atoms. The first-order chi connectivity index (χ1) is 9.77. The summed E-state index contributed by atoms with van der Waals surface area (Å²) < 4.78 is 16.3. The van der Waals surface area contributed by atoms with E-state index in [9.17, 15) is 5.11 Å². The summed E-state index contributed by atoms with van der Waals surface area (Å²) in [4.78, 5) is 0. The van der Waals surface area contributed by atoms with Crippen LogP contribution in [0.15, 0.2) is 24.3 Å². The summed E-state index contributed by atoms with van der Waals surface area (Å²) >= 11 is 0. The van der Waals surface area contributed by atoms with Crippen molar-refractivity contribution in [2.24, 2.45) is 0 Å². The molecule has 0 saturated heterocycles. The maximum Gasteiger partial charge on any atom is 0.115 e. The molecule has 1 fully saturated rings. The van der Waals surface area contributed by atoms with E-state index in [4.69, 9.17) is 14.2 Å². The fourth-order valence-corrected chi connectivity index (χ4v) is 2.23. The van der Waals surface area contributed by atoms with Crippen LogP contribution in [0.2, 0.25) is 0 Å². The van der Waals surface area contributed by atoms with Crippen molar-refractivity contribution in [3.8, 4) is 5.75 Å². The Morgan fingerprint density at radius 2 is 1.55 bits per heavy atom. The highest BCUT2D eigenvalue weighted by Gasteiger charge is 2.44. The maximum atomic E-state index is 9.32. The first-order valence-corrected chi connectivity index (χ1v) is 7.29. The first-order valence-electron chi connectivity index (χ1n) is 7.29. The Morgan fingerprint density at radius 1 is 0.950 bits per heavy atom. The molecule has 0 atom stereocenters. The lowest BCUT2D eigenvalue weighted by Crippen LogP contribution is -2.18. The van der Waals surface area contributed by atoms with Gasteiger partial charge in [0.2, 0.25) is 0 Å². The summed E-state index contributed by atoms with van der Waals surface area (Å²) in [5.41, 5.74) is 1.42. The van der Waals surface area contributed by atoms with Crippen LogP contribution in [-0.2, 0) is 19.6 Å². The fourth-order valence-electron chi connectivity index (χ4n) is 2.23. The quantitative estimate of drug-likeness (QED) is 0.669. The summed E-state index contributed by atoms with van der Waals surface area (Å²) in [7, 11) is 0. The second kappa shape index (κ2) is 7.62. The predicted octanol–water partition coefficient (Wildman–Crippen LogP) is 2.49. The summed E-state index contributed by atoms with van der Waals surface area (Å²) in [6.07, 6.45) is 2.31. The lowest BCUT2D eigenvalue weighted by molar-refractivity contribution is 0.0124. The van der Waals surface area contributed by atoms with Gasteiger partial charge in [0.05, 0.1) is 33.0 Å². The van der Waals surface area contributed by atoms with E-state index in [-0.39, 0.29) is 5.41 Å². The van der Waals surface area contributed by atoms with E-state index in [0.29, 0.717) is 32.2 Å². The molecule has 1 aromatic rings. The molecule has 4 heteroatoms. The minimum atomic E-state index is 0.166. The van der Waals surface area contributed by atoms with Gasteiger partial charge >= 0.3 is 0 Å². The van der Waals surface area contributed by atoms with E-state index in [2.05, 4.69) is 0 Å². The second-order valence-electron chi connectivity index (χ2n) is 5.19. The molecule has 0 bridgehead atoms. The van der Waals surface area contributed by atoms with Gasteiger partial charge in [-0.3, -0.25) is 0 Å². The van der Waals surface area contributed by atoms with Crippen molar-refractivity contribution >= 4 is 0 Å². The smallest absolute Gasteiger partial charge is 0.115 e. The van der Waals surface area contributed by atoms with E-state index in [0.717, 1.165) is 26.1 Å². The number of ether oxygens (including phenoxy) is 3. The molecule has 1 N–H and O–H groups in total. The molecule has 0 aromatic heterocycles. The number of aromatic hydroxyl groups is 1. The highest BCUT2D eigenvalue weighted by atomic mass is 16.5. The molecule has 20 heavy (non-hydrogen) atoms. The molecule has 2 rings (SSSR count). The van der Waals surface area contributed by atoms with Crippen LogP contribution in [0.5, 0.6) is 5.75 Å². The Labute approximate surface area is 120 Å². The van der Waals surface area contributed by atoms with Gasteiger partial charge in [-0.25, -0.2) is 0 Å². The normalized spacial score (nSPS) is 16.2. The fraction of sp³-hybridized carbons (Fsp3) is 0.625. The van der Waals surface area contributed by atoms with Crippen LogP contribution < -0.4 is 0 Å². The molecular formula is C16H24O4. The summed E-state index contributed by atoms with van der Waals surface area (Å²) in [5, 5.41) is 9.32. The third-order valence-electron chi connectivity index (χ3n) is 3.66. The highest BCUT2D eigenvalue weighted by Crippen LogP contribution is 2.48. The van der Waals surface area contributed by atoms with Crippen LogP contribution in [0.3, 0.4) is 0 Å². The van der Waals surface area contributed by atoms with Crippen molar-refractivity contribution in [2.45, 2.75) is 25.2 Å². The van der Waals surface area contributed by atoms with E-state index in [1.54, 1.807) is 12.1 Å². The number of phenols is 1. The SMILES string of the molecule is CCOCCOCCOCC1(c2ccc(O)cc2)CC1. The molecule has 0 aliphatic heterocycles. The van der Waals surface area contributed by atoms with Gasteiger partial charge in [0.25, 0.3) is 0 Å². The Kier molecular flexibility index (Phi) is 5.83. The van der Waals surface area contributed by atoms with Crippen molar-refractivity contribution in [3.05, 3.63) is 29.8 Å². The number of benzene rings is 1. The summed E-state index contributed by atoms with van der Waals surface area (Å²) in [5.74, 6) is 0.313. The van der Waals surface area contributed by atoms with Gasteiger partial charge in [-0.15, -0.1) is 0 Å². The molecular weight excluding hydrogens is 256 g/mol. The summed E-state index contributed by atoms with van der Waals surface area (Å²) in [6, 6.07) is 7.47. The number of phenolic OH excluding ortho intramolecular Hbond substituents is 1. The van der Waals surface area contributed by atoms with Gasteiger partial charge in [0.1, 0.15) is 5.75 Å². The lowest BCUT2D eigenvalue weighted by atomic mass is 9.97. The van der Waals surface area contributed by atoms with Crippen LogP contribution in [0.1, 0.15) is 25.3 Å². The Balaban J connectivity index is 1.61. The third-order valence-corrected chi connectivity index (χ3v) is 3.66. The predicted molar refractivity (Wildman–Crippen MR) is 77.1 cm³/mol. The van der Waals surface area contributed by atoms with Gasteiger partial charge in [0.15, 0.2) is 0 Å². The van der Waals surface area contributed by atoms with Crippen molar-refractivity contribution in [3.63, 3.8) is 0 Å². The van der Waals surface area contributed by atoms with E-state index in [1.165, 1.54) is 5.56 Å². The zero-order valence-electron chi connectivity index (χ0n) is 12.1. The monoisotopic (exact) mass is 280 g/mol. The minimum Gasteiger partial charge on any atom is -0.508 e. The molecule has 4 nitrogen and oxygen atoms in total. The van der Waals surface area contributed by atoms with Crippen LogP contribution >= 0.6 is 0 Å². The van der Waals surface area contributed by atoms with Gasteiger partial charge in [0, 0.05) is 12.0 Å². The number of hydrogen-bond donors (Lipinski definition) is 1.